The van der Waals surface area contributed by atoms with Crippen LogP contribution in [-0.2, 0) is 4.74 Å². The molecule has 164 valence electrons. The zero-order valence-electron chi connectivity index (χ0n) is 19.5. The maximum Gasteiger partial charge on any atom is 0.0602 e. The van der Waals surface area contributed by atoms with E-state index in [4.69, 9.17) is 4.74 Å². The number of hydrogen-bond donors (Lipinski definition) is 0. The Balaban J connectivity index is 1.77. The molecule has 0 N–H and O–H groups in total. The van der Waals surface area contributed by atoms with Gasteiger partial charge in [0.1, 0.15) is 0 Å². The zero-order chi connectivity index (χ0) is 19.8. The molecule has 3 fully saturated rings. The molecule has 0 radical (unpaired) electrons. The van der Waals surface area contributed by atoms with E-state index in [-0.39, 0.29) is 0 Å². The molecule has 3 saturated carbocycles. The van der Waals surface area contributed by atoms with Crippen molar-refractivity contribution < 1.29 is 4.74 Å². The zero-order valence-corrected chi connectivity index (χ0v) is 19.5. The van der Waals surface area contributed by atoms with Crippen molar-refractivity contribution in [3.8, 4) is 0 Å². The smallest absolute Gasteiger partial charge is 0.0602 e. The predicted molar refractivity (Wildman–Crippen MR) is 122 cm³/mol. The maximum absolute atomic E-state index is 6.16. The molecule has 3 aliphatic carbocycles. The highest BCUT2D eigenvalue weighted by Gasteiger charge is 2.34. The van der Waals surface area contributed by atoms with E-state index in [1.165, 1.54) is 83.5 Å². The Morgan fingerprint density at radius 1 is 0.714 bits per heavy atom. The SMILES string of the molecule is CCCCC1C(C)CC2CCCCCC(C2)C2CCCC(CCCC1OC)C2. The average molecular weight is 391 g/mol. The standard InChI is InChI=1S/C27H50O/c1-4-5-16-26-21(2)18-23-11-7-6-8-14-24(20-23)25-15-9-12-22(19-25)13-10-17-27(26)28-3/h21-27H,4-20H2,1-3H3. The van der Waals surface area contributed by atoms with E-state index >= 15 is 0 Å². The molecule has 7 atom stereocenters. The second kappa shape index (κ2) is 12.0. The number of ether oxygens (including phenoxy) is 1. The van der Waals surface area contributed by atoms with Gasteiger partial charge in [-0.05, 0) is 67.6 Å². The first kappa shape index (κ1) is 22.6. The van der Waals surface area contributed by atoms with Crippen LogP contribution in [0.4, 0.5) is 0 Å². The van der Waals surface area contributed by atoms with Crippen LogP contribution in [0.2, 0.25) is 0 Å². The summed E-state index contributed by atoms with van der Waals surface area (Å²) < 4.78 is 6.16. The topological polar surface area (TPSA) is 9.23 Å². The lowest BCUT2D eigenvalue weighted by Gasteiger charge is -2.38. The monoisotopic (exact) mass is 390 g/mol. The van der Waals surface area contributed by atoms with Gasteiger partial charge >= 0.3 is 0 Å². The third-order valence-electron chi connectivity index (χ3n) is 9.02. The first-order valence-corrected chi connectivity index (χ1v) is 13.2. The summed E-state index contributed by atoms with van der Waals surface area (Å²) in [4.78, 5) is 0. The van der Waals surface area contributed by atoms with Gasteiger partial charge in [0.25, 0.3) is 0 Å². The molecular weight excluding hydrogens is 340 g/mol. The molecule has 3 aliphatic rings. The largest absolute Gasteiger partial charge is 0.381 e. The summed E-state index contributed by atoms with van der Waals surface area (Å²) in [7, 11) is 2.00. The lowest BCUT2D eigenvalue weighted by molar-refractivity contribution is 0.0110. The number of rotatable bonds is 4. The predicted octanol–water partition coefficient (Wildman–Crippen LogP) is 8.41. The molecule has 3 rings (SSSR count). The van der Waals surface area contributed by atoms with Gasteiger partial charge in [-0.25, -0.2) is 0 Å². The summed E-state index contributed by atoms with van der Waals surface area (Å²) in [6, 6.07) is 0. The van der Waals surface area contributed by atoms with Crippen molar-refractivity contribution >= 4 is 0 Å². The minimum absolute atomic E-state index is 0.506. The van der Waals surface area contributed by atoms with Crippen LogP contribution in [0, 0.1) is 35.5 Å². The summed E-state index contributed by atoms with van der Waals surface area (Å²) in [5.74, 6) is 5.74. The summed E-state index contributed by atoms with van der Waals surface area (Å²) in [6.07, 6.45) is 25.5. The highest BCUT2D eigenvalue weighted by Crippen LogP contribution is 2.44. The molecule has 0 aliphatic heterocycles. The highest BCUT2D eigenvalue weighted by atomic mass is 16.5. The molecule has 0 aromatic carbocycles. The Morgan fingerprint density at radius 3 is 2.11 bits per heavy atom. The normalized spacial score (nSPS) is 41.0. The van der Waals surface area contributed by atoms with Crippen LogP contribution < -0.4 is 0 Å². The fourth-order valence-corrected chi connectivity index (χ4v) is 7.44. The van der Waals surface area contributed by atoms with Gasteiger partial charge in [-0.1, -0.05) is 90.9 Å². The van der Waals surface area contributed by atoms with Crippen molar-refractivity contribution in [1.82, 2.24) is 0 Å². The molecule has 0 aromatic rings. The quantitative estimate of drug-likeness (QED) is 0.468. The molecule has 0 heterocycles. The van der Waals surface area contributed by atoms with Crippen LogP contribution in [0.5, 0.6) is 0 Å². The van der Waals surface area contributed by atoms with Gasteiger partial charge in [-0.3, -0.25) is 0 Å². The molecule has 0 amide bonds. The van der Waals surface area contributed by atoms with Crippen molar-refractivity contribution in [1.29, 1.82) is 0 Å². The van der Waals surface area contributed by atoms with Crippen LogP contribution >= 0.6 is 0 Å². The summed E-state index contributed by atoms with van der Waals surface area (Å²) in [5, 5.41) is 0. The van der Waals surface area contributed by atoms with Crippen LogP contribution in [-0.4, -0.2) is 13.2 Å². The first-order chi connectivity index (χ1) is 13.7. The van der Waals surface area contributed by atoms with E-state index in [2.05, 4.69) is 13.8 Å². The molecule has 28 heavy (non-hydrogen) atoms. The van der Waals surface area contributed by atoms with Crippen LogP contribution in [0.1, 0.15) is 123 Å². The van der Waals surface area contributed by atoms with Gasteiger partial charge in [-0.15, -0.1) is 0 Å². The lowest BCUT2D eigenvalue weighted by Crippen LogP contribution is -2.30. The number of unbranched alkanes of at least 4 members (excludes halogenated alkanes) is 1. The van der Waals surface area contributed by atoms with Crippen molar-refractivity contribution in [2.45, 2.75) is 129 Å². The summed E-state index contributed by atoms with van der Waals surface area (Å²) >= 11 is 0. The molecule has 7 unspecified atom stereocenters. The van der Waals surface area contributed by atoms with Gasteiger partial charge in [0.05, 0.1) is 6.10 Å². The second-order valence-electron chi connectivity index (χ2n) is 11.0. The first-order valence-electron chi connectivity index (χ1n) is 13.2. The molecular formula is C27H50O. The average Bonchev–Trinajstić information content (AvgIpc) is 2.68. The Labute approximate surface area is 176 Å². The Kier molecular flexibility index (Phi) is 9.68. The fourth-order valence-electron chi connectivity index (χ4n) is 7.44. The minimum Gasteiger partial charge on any atom is -0.381 e. The summed E-state index contributed by atoms with van der Waals surface area (Å²) in [5.41, 5.74) is 0. The Hall–Kier alpha value is -0.0400. The van der Waals surface area contributed by atoms with Crippen LogP contribution in [0.25, 0.3) is 0 Å². The molecule has 0 spiro atoms. The maximum atomic E-state index is 6.16. The van der Waals surface area contributed by atoms with Crippen molar-refractivity contribution in [2.24, 2.45) is 35.5 Å². The highest BCUT2D eigenvalue weighted by molar-refractivity contribution is 4.85. The third kappa shape index (κ3) is 6.48. The third-order valence-corrected chi connectivity index (χ3v) is 9.02. The van der Waals surface area contributed by atoms with E-state index in [0.29, 0.717) is 6.10 Å². The van der Waals surface area contributed by atoms with Gasteiger partial charge < -0.3 is 4.74 Å². The molecule has 0 aromatic heterocycles. The van der Waals surface area contributed by atoms with E-state index in [9.17, 15) is 0 Å². The van der Waals surface area contributed by atoms with E-state index < -0.39 is 0 Å². The summed E-state index contributed by atoms with van der Waals surface area (Å²) in [6.45, 7) is 4.93. The number of methoxy groups -OCH3 is 1. The number of fused-ring (bicyclic) bond motifs is 5. The molecule has 0 saturated heterocycles. The molecule has 1 heteroatoms. The Morgan fingerprint density at radius 2 is 1.36 bits per heavy atom. The fraction of sp³-hybridized carbons (Fsp3) is 1.00. The van der Waals surface area contributed by atoms with Gasteiger partial charge in [0.15, 0.2) is 0 Å². The van der Waals surface area contributed by atoms with E-state index in [0.717, 1.165) is 35.5 Å². The lowest BCUT2D eigenvalue weighted by atomic mass is 9.68. The number of hydrogen-bond acceptors (Lipinski definition) is 1. The van der Waals surface area contributed by atoms with Crippen LogP contribution in [0.15, 0.2) is 0 Å². The van der Waals surface area contributed by atoms with Crippen LogP contribution in [0.3, 0.4) is 0 Å². The van der Waals surface area contributed by atoms with Gasteiger partial charge in [-0.2, -0.15) is 0 Å². The van der Waals surface area contributed by atoms with Gasteiger partial charge in [0.2, 0.25) is 0 Å². The Bertz CT molecular complexity index is 418. The second-order valence-corrected chi connectivity index (χ2v) is 11.0. The van der Waals surface area contributed by atoms with E-state index in [1.807, 2.05) is 7.11 Å². The van der Waals surface area contributed by atoms with Crippen molar-refractivity contribution in [2.75, 3.05) is 7.11 Å². The van der Waals surface area contributed by atoms with Crippen molar-refractivity contribution in [3.63, 3.8) is 0 Å². The molecule has 1 nitrogen and oxygen atoms in total. The van der Waals surface area contributed by atoms with Gasteiger partial charge in [0, 0.05) is 7.11 Å². The van der Waals surface area contributed by atoms with E-state index in [1.54, 1.807) is 25.7 Å². The molecule has 4 bridgehead atoms. The van der Waals surface area contributed by atoms with Crippen molar-refractivity contribution in [3.05, 3.63) is 0 Å². The minimum atomic E-state index is 0.506.